The van der Waals surface area contributed by atoms with Gasteiger partial charge in [0.15, 0.2) is 0 Å². The first-order valence-corrected chi connectivity index (χ1v) is 6.06. The third kappa shape index (κ3) is 3.55. The Hall–Kier alpha value is -2.36. The van der Waals surface area contributed by atoms with Gasteiger partial charge in [-0.2, -0.15) is 0 Å². The van der Waals surface area contributed by atoms with E-state index in [1.165, 1.54) is 0 Å². The summed E-state index contributed by atoms with van der Waals surface area (Å²) in [5, 5.41) is 0. The van der Waals surface area contributed by atoms with E-state index in [4.69, 9.17) is 19.9 Å². The van der Waals surface area contributed by atoms with Crippen molar-refractivity contribution in [3.63, 3.8) is 0 Å². The summed E-state index contributed by atoms with van der Waals surface area (Å²) in [5.41, 5.74) is 6.37. The molecule has 0 fully saturated rings. The summed E-state index contributed by atoms with van der Waals surface area (Å²) in [7, 11) is 1.59. The minimum atomic E-state index is 0.597. The minimum absolute atomic E-state index is 0.597. The highest BCUT2D eigenvalue weighted by atomic mass is 16.5. The first-order valence-electron chi connectivity index (χ1n) is 6.06. The second-order valence-electron chi connectivity index (χ2n) is 3.95. The average Bonchev–Trinajstić information content (AvgIpc) is 2.40. The van der Waals surface area contributed by atoms with Crippen LogP contribution in [-0.2, 0) is 0 Å². The van der Waals surface area contributed by atoms with Gasteiger partial charge in [0.1, 0.15) is 23.0 Å². The highest BCUT2D eigenvalue weighted by Gasteiger charge is 2.02. The standard InChI is InChI=1S/C15H17NO3/c1-3-18-12-4-6-13(7-5-12)19-15-9-11(16)8-14(10-15)17-2/h4-10H,3,16H2,1-2H3. The van der Waals surface area contributed by atoms with Crippen LogP contribution < -0.4 is 19.9 Å². The number of methoxy groups -OCH3 is 1. The van der Waals surface area contributed by atoms with Gasteiger partial charge in [0.25, 0.3) is 0 Å². The maximum Gasteiger partial charge on any atom is 0.133 e. The fraction of sp³-hybridized carbons (Fsp3) is 0.200. The smallest absolute Gasteiger partial charge is 0.133 e. The van der Waals surface area contributed by atoms with Crippen molar-refractivity contribution >= 4 is 5.69 Å². The number of nitrogens with two attached hydrogens (primary N) is 1. The van der Waals surface area contributed by atoms with Crippen molar-refractivity contribution in [3.05, 3.63) is 42.5 Å². The Balaban J connectivity index is 2.14. The molecule has 0 aliphatic carbocycles. The maximum absolute atomic E-state index is 5.77. The van der Waals surface area contributed by atoms with Crippen LogP contribution in [0.5, 0.6) is 23.0 Å². The number of anilines is 1. The second kappa shape index (κ2) is 6.00. The Labute approximate surface area is 112 Å². The van der Waals surface area contributed by atoms with Crippen molar-refractivity contribution in [2.24, 2.45) is 0 Å². The highest BCUT2D eigenvalue weighted by molar-refractivity contribution is 5.51. The Kier molecular flexibility index (Phi) is 4.13. The fourth-order valence-corrected chi connectivity index (χ4v) is 1.68. The molecule has 4 heteroatoms. The van der Waals surface area contributed by atoms with Crippen LogP contribution in [0.25, 0.3) is 0 Å². The third-order valence-electron chi connectivity index (χ3n) is 2.51. The first-order chi connectivity index (χ1) is 9.21. The van der Waals surface area contributed by atoms with Gasteiger partial charge in [-0.1, -0.05) is 0 Å². The molecule has 0 atom stereocenters. The summed E-state index contributed by atoms with van der Waals surface area (Å²) >= 11 is 0. The summed E-state index contributed by atoms with van der Waals surface area (Å²) in [6.45, 7) is 2.59. The summed E-state index contributed by atoms with van der Waals surface area (Å²) in [6.07, 6.45) is 0. The summed E-state index contributed by atoms with van der Waals surface area (Å²) in [6, 6.07) is 12.7. The van der Waals surface area contributed by atoms with Gasteiger partial charge in [-0.15, -0.1) is 0 Å². The molecule has 2 N–H and O–H groups in total. The number of hydrogen-bond donors (Lipinski definition) is 1. The van der Waals surface area contributed by atoms with Gasteiger partial charge in [0, 0.05) is 23.9 Å². The van der Waals surface area contributed by atoms with Crippen LogP contribution in [0.4, 0.5) is 5.69 Å². The molecule has 0 spiro atoms. The average molecular weight is 259 g/mol. The van der Waals surface area contributed by atoms with E-state index in [0.717, 1.165) is 11.5 Å². The number of rotatable bonds is 5. The fourth-order valence-electron chi connectivity index (χ4n) is 1.68. The molecule has 2 aromatic carbocycles. The quantitative estimate of drug-likeness (QED) is 0.835. The van der Waals surface area contributed by atoms with E-state index in [0.29, 0.717) is 23.8 Å². The topological polar surface area (TPSA) is 53.7 Å². The van der Waals surface area contributed by atoms with Gasteiger partial charge in [-0.3, -0.25) is 0 Å². The van der Waals surface area contributed by atoms with Crippen molar-refractivity contribution in [1.29, 1.82) is 0 Å². The van der Waals surface area contributed by atoms with Gasteiger partial charge in [0.2, 0.25) is 0 Å². The molecule has 0 amide bonds. The highest BCUT2D eigenvalue weighted by Crippen LogP contribution is 2.29. The molecule has 19 heavy (non-hydrogen) atoms. The Morgan fingerprint density at radius 3 is 2.16 bits per heavy atom. The number of benzene rings is 2. The van der Waals surface area contributed by atoms with Gasteiger partial charge in [-0.05, 0) is 31.2 Å². The lowest BCUT2D eigenvalue weighted by molar-refractivity contribution is 0.339. The lowest BCUT2D eigenvalue weighted by atomic mass is 10.3. The zero-order valence-electron chi connectivity index (χ0n) is 11.1. The zero-order chi connectivity index (χ0) is 13.7. The molecule has 0 aliphatic rings. The van der Waals surface area contributed by atoms with Crippen LogP contribution in [-0.4, -0.2) is 13.7 Å². The van der Waals surface area contributed by atoms with Crippen molar-refractivity contribution in [2.45, 2.75) is 6.92 Å². The molecule has 0 unspecified atom stereocenters. The first kappa shape index (κ1) is 13.1. The Morgan fingerprint density at radius 2 is 1.53 bits per heavy atom. The molecular weight excluding hydrogens is 242 g/mol. The molecule has 0 radical (unpaired) electrons. The van der Waals surface area contributed by atoms with E-state index in [2.05, 4.69) is 0 Å². The zero-order valence-corrected chi connectivity index (χ0v) is 11.1. The van der Waals surface area contributed by atoms with E-state index >= 15 is 0 Å². The van der Waals surface area contributed by atoms with E-state index in [9.17, 15) is 0 Å². The predicted octanol–water partition coefficient (Wildman–Crippen LogP) is 3.47. The molecule has 2 rings (SSSR count). The molecule has 0 saturated heterocycles. The Bertz CT molecular complexity index is 538. The van der Waals surface area contributed by atoms with Crippen LogP contribution in [0.3, 0.4) is 0 Å². The lowest BCUT2D eigenvalue weighted by Gasteiger charge is -2.09. The van der Waals surface area contributed by atoms with Crippen molar-refractivity contribution in [3.8, 4) is 23.0 Å². The van der Waals surface area contributed by atoms with E-state index in [-0.39, 0.29) is 0 Å². The molecule has 0 saturated carbocycles. The summed E-state index contributed by atoms with van der Waals surface area (Å²) in [5.74, 6) is 2.85. The van der Waals surface area contributed by atoms with Gasteiger partial charge in [0.05, 0.1) is 13.7 Å². The number of hydrogen-bond acceptors (Lipinski definition) is 4. The van der Waals surface area contributed by atoms with E-state index in [1.807, 2.05) is 31.2 Å². The largest absolute Gasteiger partial charge is 0.497 e. The molecular formula is C15H17NO3. The van der Waals surface area contributed by atoms with Gasteiger partial charge in [-0.25, -0.2) is 0 Å². The Morgan fingerprint density at radius 1 is 0.895 bits per heavy atom. The minimum Gasteiger partial charge on any atom is -0.497 e. The van der Waals surface area contributed by atoms with Crippen molar-refractivity contribution < 1.29 is 14.2 Å². The van der Waals surface area contributed by atoms with Gasteiger partial charge >= 0.3 is 0 Å². The van der Waals surface area contributed by atoms with Crippen molar-refractivity contribution in [1.82, 2.24) is 0 Å². The van der Waals surface area contributed by atoms with Gasteiger partial charge < -0.3 is 19.9 Å². The SMILES string of the molecule is CCOc1ccc(Oc2cc(N)cc(OC)c2)cc1. The molecule has 0 bridgehead atoms. The molecule has 0 heterocycles. The van der Waals surface area contributed by atoms with Crippen LogP contribution in [0, 0.1) is 0 Å². The number of nitrogen functional groups attached to an aromatic ring is 1. The monoisotopic (exact) mass is 259 g/mol. The molecule has 0 aliphatic heterocycles. The predicted molar refractivity (Wildman–Crippen MR) is 75.1 cm³/mol. The molecule has 0 aromatic heterocycles. The second-order valence-corrected chi connectivity index (χ2v) is 3.95. The maximum atomic E-state index is 5.77. The molecule has 100 valence electrons. The summed E-state index contributed by atoms with van der Waals surface area (Å²) in [4.78, 5) is 0. The molecule has 4 nitrogen and oxygen atoms in total. The normalized spacial score (nSPS) is 10.0. The summed E-state index contributed by atoms with van der Waals surface area (Å²) < 4.78 is 16.2. The van der Waals surface area contributed by atoms with Crippen LogP contribution in [0.15, 0.2) is 42.5 Å². The third-order valence-corrected chi connectivity index (χ3v) is 2.51. The van der Waals surface area contributed by atoms with Crippen LogP contribution in [0.1, 0.15) is 6.92 Å². The van der Waals surface area contributed by atoms with Crippen LogP contribution in [0.2, 0.25) is 0 Å². The lowest BCUT2D eigenvalue weighted by Crippen LogP contribution is -1.92. The number of ether oxygens (including phenoxy) is 3. The van der Waals surface area contributed by atoms with Crippen LogP contribution >= 0.6 is 0 Å². The van der Waals surface area contributed by atoms with E-state index in [1.54, 1.807) is 25.3 Å². The van der Waals surface area contributed by atoms with E-state index < -0.39 is 0 Å². The molecule has 2 aromatic rings. The van der Waals surface area contributed by atoms with Crippen molar-refractivity contribution in [2.75, 3.05) is 19.5 Å².